The number of carbonyl (C=O) groups excluding carboxylic acids is 3. The molecule has 3 aromatic heterocycles. The largest absolute Gasteiger partial charge is 0.508 e. The first kappa shape index (κ1) is 47.4. The number of aromatic hydroxyl groups is 2. The number of hydrogen-bond donors (Lipinski definition) is 5. The minimum Gasteiger partial charge on any atom is -0.508 e. The van der Waals surface area contributed by atoms with Gasteiger partial charge >= 0.3 is 12.2 Å². The smallest absolute Gasteiger partial charge is 0.399 e. The molecule has 0 radical (unpaired) electrons. The van der Waals surface area contributed by atoms with Gasteiger partial charge in [-0.1, -0.05) is 54.6 Å². The maximum absolute atomic E-state index is 13.4. The molecule has 4 amide bonds. The van der Waals surface area contributed by atoms with Gasteiger partial charge in [0.25, 0.3) is 5.91 Å². The van der Waals surface area contributed by atoms with Gasteiger partial charge in [-0.2, -0.15) is 13.2 Å². The number of primary amides is 1. The maximum Gasteiger partial charge on any atom is 0.399 e. The van der Waals surface area contributed by atoms with Crippen LogP contribution in [0.4, 0.5) is 23.1 Å². The van der Waals surface area contributed by atoms with Gasteiger partial charge in [0, 0.05) is 45.0 Å². The molecule has 0 spiro atoms. The van der Waals surface area contributed by atoms with Crippen molar-refractivity contribution in [1.82, 2.24) is 30.2 Å². The molecule has 6 N–H and O–H groups in total. The van der Waals surface area contributed by atoms with Crippen LogP contribution in [-0.2, 0) is 21.5 Å². The van der Waals surface area contributed by atoms with Crippen molar-refractivity contribution in [2.45, 2.75) is 84.5 Å². The number of ether oxygens (including phenoxy) is 1. The number of aromatic nitrogens is 3. The Labute approximate surface area is 372 Å². The number of carbonyl (C=O) groups is 3. The lowest BCUT2D eigenvalue weighted by Gasteiger charge is -2.27. The second-order valence-electron chi connectivity index (χ2n) is 16.4. The zero-order valence-electron chi connectivity index (χ0n) is 36.5. The zero-order chi connectivity index (χ0) is 46.5. The number of urea groups is 1. The lowest BCUT2D eigenvalue weighted by atomic mass is 9.87. The molecule has 5 aromatic rings. The zero-order valence-corrected chi connectivity index (χ0v) is 37.3. The molecule has 0 unspecified atom stereocenters. The van der Waals surface area contributed by atoms with E-state index >= 15 is 0 Å². The summed E-state index contributed by atoms with van der Waals surface area (Å²) < 4.78 is 51.2. The van der Waals surface area contributed by atoms with Gasteiger partial charge in [-0.05, 0) is 86.9 Å². The molecule has 64 heavy (non-hydrogen) atoms. The molecule has 0 aliphatic carbocycles. The molecule has 342 valence electrons. The van der Waals surface area contributed by atoms with Gasteiger partial charge in [-0.3, -0.25) is 24.8 Å². The second-order valence-corrected chi connectivity index (χ2v) is 17.4. The Kier molecular flexibility index (Phi) is 14.7. The van der Waals surface area contributed by atoms with Crippen LogP contribution in [-0.4, -0.2) is 105 Å². The number of halogens is 3. The Morgan fingerprint density at radius 2 is 1.70 bits per heavy atom. The predicted octanol–water partition coefficient (Wildman–Crippen LogP) is 7.96. The SMILES string of the molecule is CCNC(=O)c1noc(-c2cc(C(C)C)c(O)cc2O)c1-c1ccc(CN2CCOCC2)cc1.Cc1nc(NC(=O)N2CCC[C@H]2C(N)=O)sc1-c1ccnc(C(C)(C)C(F)(F)F)c1. The summed E-state index contributed by atoms with van der Waals surface area (Å²) in [6, 6.07) is 12.8. The van der Waals surface area contributed by atoms with Crippen molar-refractivity contribution in [1.29, 1.82) is 0 Å². The lowest BCUT2D eigenvalue weighted by molar-refractivity contribution is -0.181. The van der Waals surface area contributed by atoms with E-state index in [1.807, 2.05) is 45.0 Å². The third-order valence-corrected chi connectivity index (χ3v) is 12.4. The van der Waals surface area contributed by atoms with E-state index in [9.17, 15) is 37.8 Å². The molecule has 2 saturated heterocycles. The highest BCUT2D eigenvalue weighted by molar-refractivity contribution is 7.19. The highest BCUT2D eigenvalue weighted by Crippen LogP contribution is 2.44. The standard InChI is InChI=1S/C26H31N3O5.C19H22F3N5O2S/c1-4-27-26(32)24-23(18-7-5-17(6-8-18)15-29-9-11-33-12-10-29)25(34-28-24)20-13-19(16(2)3)21(30)14-22(20)31;1-10-14(11-6-7-24-13(9-11)18(2,3)19(20,21)22)30-16(25-10)26-17(29)27-8-4-5-12(27)15(23)28/h5-8,13-14,16,30-31H,4,9-12,15H2,1-3H3,(H,27,32);6-7,9,12H,4-5,8H2,1-3H3,(H2,23,28)(H,25,26,29)/t;12-/m.0/s1. The van der Waals surface area contributed by atoms with Gasteiger partial charge in [0.2, 0.25) is 5.91 Å². The Hall–Kier alpha value is -6.05. The minimum atomic E-state index is -4.45. The molecule has 19 heteroatoms. The third kappa shape index (κ3) is 10.5. The molecule has 7 rings (SSSR count). The van der Waals surface area contributed by atoms with Crippen LogP contribution < -0.4 is 16.4 Å². The number of rotatable bonds is 11. The summed E-state index contributed by atoms with van der Waals surface area (Å²) in [5, 5.41) is 30.7. The molecule has 5 heterocycles. The molecule has 2 aliphatic heterocycles. The van der Waals surface area contributed by atoms with Gasteiger partial charge in [0.15, 0.2) is 16.6 Å². The summed E-state index contributed by atoms with van der Waals surface area (Å²) >= 11 is 1.14. The number of alkyl halides is 3. The maximum atomic E-state index is 13.4. The van der Waals surface area contributed by atoms with Gasteiger partial charge in [0.05, 0.1) is 40.6 Å². The van der Waals surface area contributed by atoms with Crippen molar-refractivity contribution in [2.75, 3.05) is 44.7 Å². The van der Waals surface area contributed by atoms with Gasteiger partial charge in [0.1, 0.15) is 23.0 Å². The van der Waals surface area contributed by atoms with Crippen LogP contribution in [0.5, 0.6) is 11.5 Å². The highest BCUT2D eigenvalue weighted by atomic mass is 32.1. The number of nitrogens with one attached hydrogen (secondary N) is 2. The fraction of sp³-hybridized carbons (Fsp3) is 0.422. The fourth-order valence-corrected chi connectivity index (χ4v) is 8.37. The summed E-state index contributed by atoms with van der Waals surface area (Å²) in [6.45, 7) is 14.6. The Balaban J connectivity index is 0.000000214. The normalized spacial score (nSPS) is 15.8. The molecule has 2 aromatic carbocycles. The topological polar surface area (TPSA) is 209 Å². The van der Waals surface area contributed by atoms with E-state index in [0.717, 1.165) is 69.2 Å². The number of thiazole rings is 1. The van der Waals surface area contributed by atoms with Crippen molar-refractivity contribution in [2.24, 2.45) is 5.73 Å². The van der Waals surface area contributed by atoms with Crippen LogP contribution in [0.1, 0.15) is 86.4 Å². The van der Waals surface area contributed by atoms with E-state index in [1.165, 1.54) is 23.2 Å². The number of hydrogen-bond acceptors (Lipinski definition) is 12. The number of morpholine rings is 1. The molecule has 0 bridgehead atoms. The van der Waals surface area contributed by atoms with E-state index in [2.05, 4.69) is 30.7 Å². The molecular weight excluding hydrogens is 854 g/mol. The number of nitrogens with two attached hydrogens (primary N) is 1. The Bertz CT molecular complexity index is 2460. The third-order valence-electron chi connectivity index (χ3n) is 11.2. The number of anilines is 1. The number of nitrogens with zero attached hydrogens (tertiary/aromatic N) is 5. The van der Waals surface area contributed by atoms with Crippen molar-refractivity contribution in [3.8, 4) is 44.4 Å². The van der Waals surface area contributed by atoms with E-state index in [-0.39, 0.29) is 45.6 Å². The van der Waals surface area contributed by atoms with E-state index in [1.54, 1.807) is 19.1 Å². The highest BCUT2D eigenvalue weighted by Gasteiger charge is 2.49. The van der Waals surface area contributed by atoms with E-state index in [0.29, 0.717) is 58.8 Å². The quantitative estimate of drug-likeness (QED) is 0.0859. The van der Waals surface area contributed by atoms with E-state index < -0.39 is 29.6 Å². The number of aryl methyl sites for hydroxylation is 1. The summed E-state index contributed by atoms with van der Waals surface area (Å²) in [6.07, 6.45) is -1.93. The number of pyridine rings is 1. The average Bonchev–Trinajstić information content (AvgIpc) is 4.01. The van der Waals surface area contributed by atoms with Crippen LogP contribution >= 0.6 is 11.3 Å². The van der Waals surface area contributed by atoms with Crippen LogP contribution in [0.25, 0.3) is 32.9 Å². The van der Waals surface area contributed by atoms with Crippen molar-refractivity contribution in [3.63, 3.8) is 0 Å². The predicted molar refractivity (Wildman–Crippen MR) is 236 cm³/mol. The van der Waals surface area contributed by atoms with Crippen LogP contribution in [0.2, 0.25) is 0 Å². The molecule has 2 fully saturated rings. The van der Waals surface area contributed by atoms with Crippen molar-refractivity contribution >= 4 is 34.3 Å². The number of likely N-dealkylation sites (tertiary alicyclic amines) is 1. The lowest BCUT2D eigenvalue weighted by Crippen LogP contribution is -2.45. The summed E-state index contributed by atoms with van der Waals surface area (Å²) in [7, 11) is 0. The molecule has 1 atom stereocenters. The number of phenols is 2. The van der Waals surface area contributed by atoms with Crippen LogP contribution in [0.3, 0.4) is 0 Å². The molecule has 2 aliphatic rings. The first-order valence-corrected chi connectivity index (χ1v) is 21.7. The minimum absolute atomic E-state index is 0.00808. The van der Waals surface area contributed by atoms with Crippen molar-refractivity contribution < 1.29 is 47.0 Å². The second kappa shape index (κ2) is 19.8. The summed E-state index contributed by atoms with van der Waals surface area (Å²) in [5.41, 5.74) is 7.80. The van der Waals surface area contributed by atoms with Gasteiger partial charge < -0.3 is 35.4 Å². The first-order valence-electron chi connectivity index (χ1n) is 20.9. The first-order chi connectivity index (χ1) is 30.3. The van der Waals surface area contributed by atoms with Gasteiger partial charge in [-0.25, -0.2) is 9.78 Å². The number of phenolic OH excluding ortho intramolecular Hbond substituents is 2. The summed E-state index contributed by atoms with van der Waals surface area (Å²) in [5.74, 6) is -0.753. The average molecular weight is 907 g/mol. The molecule has 15 nitrogen and oxygen atoms in total. The fourth-order valence-electron chi connectivity index (χ4n) is 7.42. The van der Waals surface area contributed by atoms with Crippen LogP contribution in [0, 0.1) is 6.92 Å². The Morgan fingerprint density at radius 1 is 1.00 bits per heavy atom. The molecular formula is C45H53F3N8O7S. The van der Waals surface area contributed by atoms with Gasteiger partial charge in [-0.15, -0.1) is 0 Å². The summed E-state index contributed by atoms with van der Waals surface area (Å²) in [4.78, 5) is 49.3. The van der Waals surface area contributed by atoms with E-state index in [4.69, 9.17) is 15.0 Å². The monoisotopic (exact) mass is 906 g/mol. The van der Waals surface area contributed by atoms with Crippen LogP contribution in [0.15, 0.2) is 59.3 Å². The Morgan fingerprint density at radius 3 is 2.34 bits per heavy atom. The number of benzene rings is 2. The number of amides is 4. The molecule has 0 saturated carbocycles. The van der Waals surface area contributed by atoms with Crippen molar-refractivity contribution in [3.05, 3.63) is 82.9 Å².